The van der Waals surface area contributed by atoms with Crippen LogP contribution in [0.15, 0.2) is 30.3 Å². The topological polar surface area (TPSA) is 0 Å². The number of rotatable bonds is 2. The summed E-state index contributed by atoms with van der Waals surface area (Å²) in [6.45, 7) is 6.85. The van der Waals surface area contributed by atoms with Crippen molar-refractivity contribution in [3.63, 3.8) is 0 Å². The lowest BCUT2D eigenvalue weighted by molar-refractivity contribution is 0.385. The summed E-state index contributed by atoms with van der Waals surface area (Å²) in [5.41, 5.74) is 1.44. The van der Waals surface area contributed by atoms with E-state index in [1.54, 1.807) is 0 Å². The van der Waals surface area contributed by atoms with Crippen molar-refractivity contribution < 1.29 is 0 Å². The number of benzene rings is 1. The Morgan fingerprint density at radius 1 is 1.00 bits per heavy atom. The van der Waals surface area contributed by atoms with Gasteiger partial charge in [0.2, 0.25) is 0 Å². The molecule has 1 aliphatic rings. The molecular formula is C17H28. The van der Waals surface area contributed by atoms with Crippen LogP contribution in [0.2, 0.25) is 0 Å². The van der Waals surface area contributed by atoms with Gasteiger partial charge in [-0.05, 0) is 23.8 Å². The van der Waals surface area contributed by atoms with E-state index in [0.29, 0.717) is 0 Å². The van der Waals surface area contributed by atoms with Crippen LogP contribution >= 0.6 is 0 Å². The van der Waals surface area contributed by atoms with E-state index in [2.05, 4.69) is 51.1 Å². The highest BCUT2D eigenvalue weighted by atomic mass is 14.1. The third-order valence-electron chi connectivity index (χ3n) is 3.38. The molecule has 0 unspecified atom stereocenters. The van der Waals surface area contributed by atoms with E-state index in [-0.39, 0.29) is 0 Å². The van der Waals surface area contributed by atoms with Gasteiger partial charge in [0.15, 0.2) is 0 Å². The second kappa shape index (κ2) is 8.33. The predicted octanol–water partition coefficient (Wildman–Crippen LogP) is 5.47. The van der Waals surface area contributed by atoms with Gasteiger partial charge in [-0.25, -0.2) is 0 Å². The lowest BCUT2D eigenvalue weighted by Gasteiger charge is -2.15. The van der Waals surface area contributed by atoms with E-state index in [9.17, 15) is 0 Å². The molecular weight excluding hydrogens is 204 g/mol. The largest absolute Gasteiger partial charge is 0.0625 e. The average molecular weight is 232 g/mol. The van der Waals surface area contributed by atoms with Crippen LogP contribution in [-0.2, 0) is 6.42 Å². The Balaban J connectivity index is 0.000000181. The zero-order chi connectivity index (χ0) is 12.5. The molecule has 0 heteroatoms. The Bertz CT molecular complexity index is 267. The van der Waals surface area contributed by atoms with Crippen molar-refractivity contribution in [3.8, 4) is 0 Å². The molecule has 0 aliphatic heterocycles. The standard InChI is InChI=1S/C10H14.C7H14/c1-9(2)8-10-6-4-3-5-7-10;1-7-5-3-2-4-6-7/h3-7,9H,8H2,1-2H3;7H,2-6H2,1H3. The molecule has 0 aromatic heterocycles. The van der Waals surface area contributed by atoms with Gasteiger partial charge in [-0.15, -0.1) is 0 Å². The Morgan fingerprint density at radius 3 is 2.00 bits per heavy atom. The fourth-order valence-electron chi connectivity index (χ4n) is 2.39. The van der Waals surface area contributed by atoms with Crippen molar-refractivity contribution in [1.82, 2.24) is 0 Å². The van der Waals surface area contributed by atoms with Gasteiger partial charge in [-0.2, -0.15) is 0 Å². The van der Waals surface area contributed by atoms with Crippen LogP contribution in [0.3, 0.4) is 0 Å². The molecule has 1 saturated carbocycles. The lowest BCUT2D eigenvalue weighted by atomic mass is 9.91. The van der Waals surface area contributed by atoms with Crippen molar-refractivity contribution in [2.45, 2.75) is 59.3 Å². The molecule has 1 aliphatic carbocycles. The lowest BCUT2D eigenvalue weighted by Crippen LogP contribution is -1.99. The molecule has 2 rings (SSSR count). The molecule has 0 heterocycles. The summed E-state index contributed by atoms with van der Waals surface area (Å²) in [5, 5.41) is 0. The van der Waals surface area contributed by atoms with E-state index in [0.717, 1.165) is 11.8 Å². The molecule has 0 radical (unpaired) electrons. The maximum absolute atomic E-state index is 2.36. The normalized spacial score (nSPS) is 16.5. The van der Waals surface area contributed by atoms with Crippen molar-refractivity contribution in [3.05, 3.63) is 35.9 Å². The maximum atomic E-state index is 2.36. The summed E-state index contributed by atoms with van der Waals surface area (Å²) in [6, 6.07) is 10.6. The summed E-state index contributed by atoms with van der Waals surface area (Å²) in [6.07, 6.45) is 8.63. The highest BCUT2D eigenvalue weighted by molar-refractivity contribution is 5.14. The summed E-state index contributed by atoms with van der Waals surface area (Å²) in [5.74, 6) is 1.80. The Kier molecular flexibility index (Phi) is 7.00. The highest BCUT2D eigenvalue weighted by Crippen LogP contribution is 2.22. The average Bonchev–Trinajstić information content (AvgIpc) is 2.31. The zero-order valence-corrected chi connectivity index (χ0v) is 11.8. The molecule has 0 N–H and O–H groups in total. The van der Waals surface area contributed by atoms with Crippen molar-refractivity contribution in [2.75, 3.05) is 0 Å². The van der Waals surface area contributed by atoms with Crippen LogP contribution in [0.1, 0.15) is 58.4 Å². The molecule has 1 aromatic rings. The molecule has 0 atom stereocenters. The smallest absolute Gasteiger partial charge is 0.0256 e. The fraction of sp³-hybridized carbons (Fsp3) is 0.647. The predicted molar refractivity (Wildman–Crippen MR) is 77.2 cm³/mol. The van der Waals surface area contributed by atoms with Crippen LogP contribution < -0.4 is 0 Å². The van der Waals surface area contributed by atoms with E-state index in [1.807, 2.05) is 0 Å². The minimum Gasteiger partial charge on any atom is -0.0625 e. The van der Waals surface area contributed by atoms with E-state index in [4.69, 9.17) is 0 Å². The summed E-state index contributed by atoms with van der Waals surface area (Å²) < 4.78 is 0. The molecule has 0 nitrogen and oxygen atoms in total. The van der Waals surface area contributed by atoms with E-state index < -0.39 is 0 Å². The van der Waals surface area contributed by atoms with E-state index >= 15 is 0 Å². The van der Waals surface area contributed by atoms with Crippen molar-refractivity contribution in [2.24, 2.45) is 11.8 Å². The van der Waals surface area contributed by atoms with Gasteiger partial charge in [0.1, 0.15) is 0 Å². The fourth-order valence-corrected chi connectivity index (χ4v) is 2.39. The second-order valence-corrected chi connectivity index (χ2v) is 5.83. The van der Waals surface area contributed by atoms with Crippen molar-refractivity contribution in [1.29, 1.82) is 0 Å². The van der Waals surface area contributed by atoms with Crippen LogP contribution in [0.5, 0.6) is 0 Å². The van der Waals surface area contributed by atoms with Gasteiger partial charge in [0.25, 0.3) is 0 Å². The first-order valence-electron chi connectivity index (χ1n) is 7.22. The molecule has 1 aromatic carbocycles. The first-order chi connectivity index (χ1) is 8.18. The van der Waals surface area contributed by atoms with Gasteiger partial charge in [-0.1, -0.05) is 83.2 Å². The molecule has 0 bridgehead atoms. The highest BCUT2D eigenvalue weighted by Gasteiger charge is 2.05. The third-order valence-corrected chi connectivity index (χ3v) is 3.38. The van der Waals surface area contributed by atoms with Gasteiger partial charge in [0, 0.05) is 0 Å². The minimum atomic E-state index is 0.766. The Hall–Kier alpha value is -0.780. The first kappa shape index (κ1) is 14.3. The minimum absolute atomic E-state index is 0.766. The van der Waals surface area contributed by atoms with Crippen LogP contribution in [0.25, 0.3) is 0 Å². The van der Waals surface area contributed by atoms with Crippen LogP contribution in [-0.4, -0.2) is 0 Å². The molecule has 0 amide bonds. The third kappa shape index (κ3) is 7.20. The van der Waals surface area contributed by atoms with Crippen LogP contribution in [0, 0.1) is 11.8 Å². The number of hydrogen-bond donors (Lipinski definition) is 0. The second-order valence-electron chi connectivity index (χ2n) is 5.83. The maximum Gasteiger partial charge on any atom is -0.0256 e. The van der Waals surface area contributed by atoms with Crippen molar-refractivity contribution >= 4 is 0 Å². The molecule has 1 fully saturated rings. The Morgan fingerprint density at radius 2 is 1.59 bits per heavy atom. The monoisotopic (exact) mass is 232 g/mol. The first-order valence-corrected chi connectivity index (χ1v) is 7.22. The Labute approximate surface area is 107 Å². The summed E-state index contributed by atoms with van der Waals surface area (Å²) in [4.78, 5) is 0. The molecule has 96 valence electrons. The van der Waals surface area contributed by atoms with Gasteiger partial charge in [0.05, 0.1) is 0 Å². The zero-order valence-electron chi connectivity index (χ0n) is 11.8. The van der Waals surface area contributed by atoms with Gasteiger partial charge < -0.3 is 0 Å². The van der Waals surface area contributed by atoms with Gasteiger partial charge in [-0.3, -0.25) is 0 Å². The summed E-state index contributed by atoms with van der Waals surface area (Å²) in [7, 11) is 0. The summed E-state index contributed by atoms with van der Waals surface area (Å²) >= 11 is 0. The molecule has 0 saturated heterocycles. The van der Waals surface area contributed by atoms with E-state index in [1.165, 1.54) is 44.1 Å². The van der Waals surface area contributed by atoms with Crippen LogP contribution in [0.4, 0.5) is 0 Å². The molecule has 17 heavy (non-hydrogen) atoms. The quantitative estimate of drug-likeness (QED) is 0.634. The molecule has 0 spiro atoms. The SMILES string of the molecule is CC(C)Cc1ccccc1.CC1CCCCC1. The van der Waals surface area contributed by atoms with Gasteiger partial charge >= 0.3 is 0 Å². The number of hydrogen-bond acceptors (Lipinski definition) is 0.